The van der Waals surface area contributed by atoms with Gasteiger partial charge >= 0.3 is 5.97 Å². The Hall–Kier alpha value is -1.65. The average Bonchev–Trinajstić information content (AvgIpc) is 2.88. The van der Waals surface area contributed by atoms with Crippen LogP contribution in [0.3, 0.4) is 0 Å². The van der Waals surface area contributed by atoms with E-state index in [-0.39, 0.29) is 5.97 Å². The zero-order valence-corrected chi connectivity index (χ0v) is 10.9. The number of hydrogen-bond donors (Lipinski definition) is 0. The molecule has 1 aliphatic heterocycles. The number of nitrogens with zero attached hydrogens (tertiary/aromatic N) is 1. The predicted molar refractivity (Wildman–Crippen MR) is 67.9 cm³/mol. The van der Waals surface area contributed by atoms with E-state index in [2.05, 4.69) is 4.74 Å². The standard InChI is InChI=1S/C14H17F2NO2/c1-19-14(18)5-2-10-6-7-17(9-10)11-3-4-12(15)13(16)8-11/h3-4,8,10H,2,5-7,9H2,1H3. The highest BCUT2D eigenvalue weighted by atomic mass is 19.2. The molecule has 0 spiro atoms. The van der Waals surface area contributed by atoms with Crippen LogP contribution in [-0.2, 0) is 9.53 Å². The summed E-state index contributed by atoms with van der Waals surface area (Å²) in [7, 11) is 1.38. The Kier molecular flexibility index (Phi) is 4.35. The van der Waals surface area contributed by atoms with E-state index in [0.717, 1.165) is 32.0 Å². The number of anilines is 1. The van der Waals surface area contributed by atoms with Crippen LogP contribution >= 0.6 is 0 Å². The van der Waals surface area contributed by atoms with Gasteiger partial charge in [-0.15, -0.1) is 0 Å². The number of halogens is 2. The minimum atomic E-state index is -0.829. The molecule has 3 nitrogen and oxygen atoms in total. The number of ether oxygens (including phenoxy) is 1. The summed E-state index contributed by atoms with van der Waals surface area (Å²) in [5, 5.41) is 0. The smallest absolute Gasteiger partial charge is 0.305 e. The van der Waals surface area contributed by atoms with Crippen molar-refractivity contribution in [3.8, 4) is 0 Å². The Morgan fingerprint density at radius 1 is 1.42 bits per heavy atom. The van der Waals surface area contributed by atoms with Gasteiger partial charge in [-0.2, -0.15) is 0 Å². The Bertz CT molecular complexity index is 465. The molecule has 0 bridgehead atoms. The summed E-state index contributed by atoms with van der Waals surface area (Å²) in [5.41, 5.74) is 0.694. The summed E-state index contributed by atoms with van der Waals surface area (Å²) < 4.78 is 30.6. The highest BCUT2D eigenvalue weighted by molar-refractivity contribution is 5.69. The van der Waals surface area contributed by atoms with E-state index in [0.29, 0.717) is 18.0 Å². The third kappa shape index (κ3) is 3.43. The number of hydrogen-bond acceptors (Lipinski definition) is 3. The maximum Gasteiger partial charge on any atom is 0.305 e. The first-order valence-electron chi connectivity index (χ1n) is 6.37. The normalized spacial score (nSPS) is 18.7. The molecule has 1 heterocycles. The first-order valence-corrected chi connectivity index (χ1v) is 6.37. The molecule has 1 saturated heterocycles. The molecule has 1 fully saturated rings. The van der Waals surface area contributed by atoms with Crippen LogP contribution in [0.5, 0.6) is 0 Å². The lowest BCUT2D eigenvalue weighted by molar-refractivity contribution is -0.140. The summed E-state index contributed by atoms with van der Waals surface area (Å²) >= 11 is 0. The second-order valence-corrected chi connectivity index (χ2v) is 4.81. The van der Waals surface area contributed by atoms with Gasteiger partial charge in [-0.1, -0.05) is 0 Å². The molecule has 1 aromatic rings. The average molecular weight is 269 g/mol. The molecule has 0 amide bonds. The fourth-order valence-corrected chi connectivity index (χ4v) is 2.41. The van der Waals surface area contributed by atoms with Gasteiger partial charge in [0, 0.05) is 31.3 Å². The molecule has 5 heteroatoms. The van der Waals surface area contributed by atoms with Crippen LogP contribution in [0.15, 0.2) is 18.2 Å². The topological polar surface area (TPSA) is 29.5 Å². The first-order chi connectivity index (χ1) is 9.10. The maximum absolute atomic E-state index is 13.2. The zero-order valence-electron chi connectivity index (χ0n) is 10.9. The molecule has 0 saturated carbocycles. The number of carbonyl (C=O) groups excluding carboxylic acids is 1. The molecule has 2 rings (SSSR count). The number of benzene rings is 1. The quantitative estimate of drug-likeness (QED) is 0.787. The van der Waals surface area contributed by atoms with Crippen LogP contribution in [0.1, 0.15) is 19.3 Å². The van der Waals surface area contributed by atoms with Crippen molar-refractivity contribution in [3.63, 3.8) is 0 Å². The van der Waals surface area contributed by atoms with E-state index in [1.807, 2.05) is 4.90 Å². The van der Waals surface area contributed by atoms with Crippen LogP contribution in [0.2, 0.25) is 0 Å². The van der Waals surface area contributed by atoms with Crippen molar-refractivity contribution in [3.05, 3.63) is 29.8 Å². The molecular weight excluding hydrogens is 252 g/mol. The molecule has 0 aliphatic carbocycles. The van der Waals surface area contributed by atoms with Gasteiger partial charge in [-0.25, -0.2) is 8.78 Å². The van der Waals surface area contributed by atoms with E-state index in [9.17, 15) is 13.6 Å². The molecule has 0 radical (unpaired) electrons. The summed E-state index contributed by atoms with van der Waals surface area (Å²) in [6.07, 6.45) is 2.13. The van der Waals surface area contributed by atoms with Crippen molar-refractivity contribution in [2.45, 2.75) is 19.3 Å². The van der Waals surface area contributed by atoms with E-state index in [1.54, 1.807) is 6.07 Å². The molecule has 19 heavy (non-hydrogen) atoms. The lowest BCUT2D eigenvalue weighted by Gasteiger charge is -2.18. The summed E-state index contributed by atoms with van der Waals surface area (Å²) in [4.78, 5) is 13.1. The first kappa shape index (κ1) is 13.8. The van der Waals surface area contributed by atoms with E-state index in [1.165, 1.54) is 13.2 Å². The molecule has 0 N–H and O–H groups in total. The summed E-state index contributed by atoms with van der Waals surface area (Å²) in [5.74, 6) is -1.46. The molecule has 1 aromatic carbocycles. The van der Waals surface area contributed by atoms with Gasteiger partial charge in [-0.05, 0) is 30.9 Å². The second-order valence-electron chi connectivity index (χ2n) is 4.81. The van der Waals surface area contributed by atoms with E-state index >= 15 is 0 Å². The van der Waals surface area contributed by atoms with Crippen LogP contribution in [-0.4, -0.2) is 26.2 Å². The Morgan fingerprint density at radius 2 is 2.21 bits per heavy atom. The highest BCUT2D eigenvalue weighted by Gasteiger charge is 2.23. The Labute approximate surface area is 111 Å². The van der Waals surface area contributed by atoms with Gasteiger partial charge in [0.15, 0.2) is 11.6 Å². The SMILES string of the molecule is COC(=O)CCC1CCN(c2ccc(F)c(F)c2)C1. The molecule has 1 atom stereocenters. The van der Waals surface area contributed by atoms with Gasteiger partial charge in [-0.3, -0.25) is 4.79 Å². The molecule has 0 aromatic heterocycles. The Balaban J connectivity index is 1.90. The van der Waals surface area contributed by atoms with Gasteiger partial charge in [0.25, 0.3) is 0 Å². The number of esters is 1. The van der Waals surface area contributed by atoms with Crippen molar-refractivity contribution in [1.82, 2.24) is 0 Å². The van der Waals surface area contributed by atoms with Crippen LogP contribution < -0.4 is 4.90 Å². The lowest BCUT2D eigenvalue weighted by Crippen LogP contribution is -2.20. The fraction of sp³-hybridized carbons (Fsp3) is 0.500. The third-order valence-electron chi connectivity index (χ3n) is 3.54. The van der Waals surface area contributed by atoms with Gasteiger partial charge in [0.1, 0.15) is 0 Å². The Morgan fingerprint density at radius 3 is 2.89 bits per heavy atom. The van der Waals surface area contributed by atoms with Crippen LogP contribution in [0.25, 0.3) is 0 Å². The van der Waals surface area contributed by atoms with Crippen molar-refractivity contribution in [2.24, 2.45) is 5.92 Å². The largest absolute Gasteiger partial charge is 0.469 e. The minimum Gasteiger partial charge on any atom is -0.469 e. The second kappa shape index (κ2) is 5.99. The number of rotatable bonds is 4. The van der Waals surface area contributed by atoms with Gasteiger partial charge < -0.3 is 9.64 Å². The van der Waals surface area contributed by atoms with Gasteiger partial charge in [0.2, 0.25) is 0 Å². The highest BCUT2D eigenvalue weighted by Crippen LogP contribution is 2.27. The summed E-state index contributed by atoms with van der Waals surface area (Å²) in [6, 6.07) is 3.95. The number of carbonyl (C=O) groups is 1. The molecule has 1 unspecified atom stereocenters. The van der Waals surface area contributed by atoms with Crippen molar-refractivity contribution in [2.75, 3.05) is 25.1 Å². The van der Waals surface area contributed by atoms with Gasteiger partial charge in [0.05, 0.1) is 7.11 Å². The molecular formula is C14H17F2NO2. The molecule has 1 aliphatic rings. The molecule has 104 valence electrons. The maximum atomic E-state index is 13.2. The fourth-order valence-electron chi connectivity index (χ4n) is 2.41. The van der Waals surface area contributed by atoms with Crippen LogP contribution in [0.4, 0.5) is 14.5 Å². The zero-order chi connectivity index (χ0) is 13.8. The number of methoxy groups -OCH3 is 1. The van der Waals surface area contributed by atoms with E-state index in [4.69, 9.17) is 0 Å². The third-order valence-corrected chi connectivity index (χ3v) is 3.54. The van der Waals surface area contributed by atoms with Crippen LogP contribution in [0, 0.1) is 17.6 Å². The van der Waals surface area contributed by atoms with E-state index < -0.39 is 11.6 Å². The van der Waals surface area contributed by atoms with Crippen molar-refractivity contribution < 1.29 is 18.3 Å². The lowest BCUT2D eigenvalue weighted by atomic mass is 10.0. The van der Waals surface area contributed by atoms with Crippen molar-refractivity contribution in [1.29, 1.82) is 0 Å². The minimum absolute atomic E-state index is 0.203. The summed E-state index contributed by atoms with van der Waals surface area (Å²) in [6.45, 7) is 1.57. The monoisotopic (exact) mass is 269 g/mol. The predicted octanol–water partition coefficient (Wildman–Crippen LogP) is 2.74. The van der Waals surface area contributed by atoms with Crippen molar-refractivity contribution >= 4 is 11.7 Å².